The van der Waals surface area contributed by atoms with Crippen LogP contribution < -0.4 is 5.32 Å². The van der Waals surface area contributed by atoms with Crippen LogP contribution in [0, 0.1) is 12.8 Å². The quantitative estimate of drug-likeness (QED) is 0.895. The summed E-state index contributed by atoms with van der Waals surface area (Å²) in [4.78, 5) is 14.3. The zero-order valence-electron chi connectivity index (χ0n) is 12.9. The van der Waals surface area contributed by atoms with E-state index in [1.54, 1.807) is 0 Å². The van der Waals surface area contributed by atoms with Gasteiger partial charge in [0.15, 0.2) is 0 Å². The van der Waals surface area contributed by atoms with Crippen molar-refractivity contribution < 1.29 is 4.79 Å². The van der Waals surface area contributed by atoms with Crippen molar-refractivity contribution in [1.29, 1.82) is 0 Å². The predicted octanol–water partition coefficient (Wildman–Crippen LogP) is 2.90. The molecule has 1 fully saturated rings. The summed E-state index contributed by atoms with van der Waals surface area (Å²) < 4.78 is 0. The van der Waals surface area contributed by atoms with Crippen molar-refractivity contribution in [2.45, 2.75) is 39.7 Å². The lowest BCUT2D eigenvalue weighted by atomic mass is 10.0. The summed E-state index contributed by atoms with van der Waals surface area (Å²) in [6.45, 7) is 8.96. The molecule has 1 aliphatic heterocycles. The Morgan fingerprint density at radius 3 is 2.35 bits per heavy atom. The number of likely N-dealkylation sites (tertiary alicyclic amines) is 1. The summed E-state index contributed by atoms with van der Waals surface area (Å²) in [6, 6.07) is 9.01. The van der Waals surface area contributed by atoms with E-state index in [4.69, 9.17) is 0 Å². The summed E-state index contributed by atoms with van der Waals surface area (Å²) in [5.41, 5.74) is 2.58. The van der Waals surface area contributed by atoms with Crippen LogP contribution in [0.2, 0.25) is 0 Å². The van der Waals surface area contributed by atoms with Crippen LogP contribution in [-0.2, 0) is 4.79 Å². The Kier molecular flexibility index (Phi) is 5.18. The van der Waals surface area contributed by atoms with Crippen LogP contribution in [0.25, 0.3) is 0 Å². The first-order valence-electron chi connectivity index (χ1n) is 7.66. The van der Waals surface area contributed by atoms with Crippen LogP contribution in [0.15, 0.2) is 24.3 Å². The molecule has 0 spiro atoms. The van der Waals surface area contributed by atoms with Gasteiger partial charge in [0, 0.05) is 12.5 Å². The normalized spacial score (nSPS) is 17.4. The van der Waals surface area contributed by atoms with Gasteiger partial charge in [-0.15, -0.1) is 0 Å². The number of carbonyl (C=O) groups excluding carboxylic acids is 1. The average molecular weight is 274 g/mol. The van der Waals surface area contributed by atoms with E-state index in [1.165, 1.54) is 24.0 Å². The Hall–Kier alpha value is -1.35. The van der Waals surface area contributed by atoms with E-state index >= 15 is 0 Å². The van der Waals surface area contributed by atoms with Gasteiger partial charge in [0.1, 0.15) is 0 Å². The molecule has 1 heterocycles. The number of hydrogen-bond acceptors (Lipinski definition) is 2. The maximum atomic E-state index is 11.8. The van der Waals surface area contributed by atoms with E-state index in [9.17, 15) is 4.79 Å². The van der Waals surface area contributed by atoms with E-state index in [1.807, 2.05) is 13.8 Å². The van der Waals surface area contributed by atoms with Gasteiger partial charge in [0.05, 0.1) is 6.04 Å². The lowest BCUT2D eigenvalue weighted by Gasteiger charge is -2.28. The van der Waals surface area contributed by atoms with Crippen LogP contribution >= 0.6 is 0 Å². The molecule has 1 aliphatic rings. The van der Waals surface area contributed by atoms with Crippen molar-refractivity contribution in [1.82, 2.24) is 10.2 Å². The van der Waals surface area contributed by atoms with Crippen molar-refractivity contribution >= 4 is 5.91 Å². The highest BCUT2D eigenvalue weighted by Gasteiger charge is 2.24. The molecule has 3 heteroatoms. The van der Waals surface area contributed by atoms with Gasteiger partial charge < -0.3 is 5.32 Å². The smallest absolute Gasteiger partial charge is 0.222 e. The zero-order chi connectivity index (χ0) is 14.5. The summed E-state index contributed by atoms with van der Waals surface area (Å²) in [6.07, 6.45) is 2.53. The highest BCUT2D eigenvalue weighted by atomic mass is 16.1. The third-order valence-electron chi connectivity index (χ3n) is 4.04. The maximum absolute atomic E-state index is 11.8. The van der Waals surface area contributed by atoms with Crippen LogP contribution in [0.1, 0.15) is 43.9 Å². The van der Waals surface area contributed by atoms with Crippen molar-refractivity contribution in [2.24, 2.45) is 5.92 Å². The van der Waals surface area contributed by atoms with Gasteiger partial charge in [-0.05, 0) is 38.4 Å². The molecule has 1 amide bonds. The first kappa shape index (κ1) is 15.0. The molecular formula is C17H26N2O. The second-order valence-electron chi connectivity index (χ2n) is 6.07. The van der Waals surface area contributed by atoms with Gasteiger partial charge in [-0.3, -0.25) is 9.69 Å². The molecule has 0 aliphatic carbocycles. The molecule has 1 atom stereocenters. The molecule has 0 radical (unpaired) electrons. The third kappa shape index (κ3) is 3.83. The Bertz CT molecular complexity index is 433. The molecule has 110 valence electrons. The molecule has 2 rings (SSSR count). The number of nitrogens with one attached hydrogen (secondary N) is 1. The topological polar surface area (TPSA) is 32.3 Å². The number of amides is 1. The first-order valence-corrected chi connectivity index (χ1v) is 7.66. The lowest BCUT2D eigenvalue weighted by Crippen LogP contribution is -2.38. The zero-order valence-corrected chi connectivity index (χ0v) is 12.9. The van der Waals surface area contributed by atoms with Gasteiger partial charge in [0.2, 0.25) is 5.91 Å². The second-order valence-corrected chi connectivity index (χ2v) is 6.07. The highest BCUT2D eigenvalue weighted by Crippen LogP contribution is 2.24. The first-order chi connectivity index (χ1) is 9.58. The number of nitrogens with zero attached hydrogens (tertiary/aromatic N) is 1. The van der Waals surface area contributed by atoms with Gasteiger partial charge in [-0.25, -0.2) is 0 Å². The van der Waals surface area contributed by atoms with Gasteiger partial charge in [-0.2, -0.15) is 0 Å². The molecule has 20 heavy (non-hydrogen) atoms. The Morgan fingerprint density at radius 2 is 1.80 bits per heavy atom. The SMILES string of the molecule is Cc1ccc(C(CNC(=O)C(C)C)N2CCCC2)cc1. The summed E-state index contributed by atoms with van der Waals surface area (Å²) in [7, 11) is 0. The monoisotopic (exact) mass is 274 g/mol. The minimum atomic E-state index is 0.0484. The summed E-state index contributed by atoms with van der Waals surface area (Å²) in [5.74, 6) is 0.188. The largest absolute Gasteiger partial charge is 0.354 e. The number of aryl methyl sites for hydroxylation is 1. The van der Waals surface area contributed by atoms with Gasteiger partial charge in [0.25, 0.3) is 0 Å². The number of benzene rings is 1. The second kappa shape index (κ2) is 6.89. The van der Waals surface area contributed by atoms with Crippen LogP contribution in [0.3, 0.4) is 0 Å². The van der Waals surface area contributed by atoms with E-state index in [-0.39, 0.29) is 11.8 Å². The minimum absolute atomic E-state index is 0.0484. The maximum Gasteiger partial charge on any atom is 0.222 e. The molecule has 1 aromatic rings. The number of rotatable bonds is 5. The standard InChI is InChI=1S/C17H26N2O/c1-13(2)17(20)18-12-16(19-10-4-5-11-19)15-8-6-14(3)7-9-15/h6-9,13,16H,4-5,10-12H2,1-3H3,(H,18,20). The molecule has 1 unspecified atom stereocenters. The predicted molar refractivity (Wildman–Crippen MR) is 82.6 cm³/mol. The number of carbonyl (C=O) groups is 1. The van der Waals surface area contributed by atoms with Crippen molar-refractivity contribution in [3.05, 3.63) is 35.4 Å². The number of hydrogen-bond donors (Lipinski definition) is 1. The van der Waals surface area contributed by atoms with E-state index < -0.39 is 0 Å². The van der Waals surface area contributed by atoms with Gasteiger partial charge in [-0.1, -0.05) is 43.7 Å². The highest BCUT2D eigenvalue weighted by molar-refractivity contribution is 5.77. The van der Waals surface area contributed by atoms with Crippen LogP contribution in [0.4, 0.5) is 0 Å². The summed E-state index contributed by atoms with van der Waals surface area (Å²) >= 11 is 0. The van der Waals surface area contributed by atoms with E-state index in [0.29, 0.717) is 12.6 Å². The molecule has 1 N–H and O–H groups in total. The fourth-order valence-electron chi connectivity index (χ4n) is 2.70. The summed E-state index contributed by atoms with van der Waals surface area (Å²) in [5, 5.41) is 3.09. The average Bonchev–Trinajstić information content (AvgIpc) is 2.94. The van der Waals surface area contributed by atoms with E-state index in [0.717, 1.165) is 13.1 Å². The Morgan fingerprint density at radius 1 is 1.20 bits per heavy atom. The minimum Gasteiger partial charge on any atom is -0.354 e. The Labute approximate surface area is 122 Å². The van der Waals surface area contributed by atoms with Crippen molar-refractivity contribution in [2.75, 3.05) is 19.6 Å². The molecule has 1 aromatic carbocycles. The molecule has 0 bridgehead atoms. The fourth-order valence-corrected chi connectivity index (χ4v) is 2.70. The van der Waals surface area contributed by atoms with Crippen molar-refractivity contribution in [3.63, 3.8) is 0 Å². The fraction of sp³-hybridized carbons (Fsp3) is 0.588. The Balaban J connectivity index is 2.08. The lowest BCUT2D eigenvalue weighted by molar-refractivity contribution is -0.124. The van der Waals surface area contributed by atoms with Crippen LogP contribution in [0.5, 0.6) is 0 Å². The van der Waals surface area contributed by atoms with Crippen LogP contribution in [-0.4, -0.2) is 30.4 Å². The molecule has 3 nitrogen and oxygen atoms in total. The van der Waals surface area contributed by atoms with Crippen molar-refractivity contribution in [3.8, 4) is 0 Å². The van der Waals surface area contributed by atoms with E-state index in [2.05, 4.69) is 41.4 Å². The molecule has 0 aromatic heterocycles. The third-order valence-corrected chi connectivity index (χ3v) is 4.04. The molecule has 1 saturated heterocycles. The van der Waals surface area contributed by atoms with Gasteiger partial charge >= 0.3 is 0 Å². The molecule has 0 saturated carbocycles. The molecular weight excluding hydrogens is 248 g/mol.